The molecular weight excluding hydrogens is 656 g/mol. The van der Waals surface area contributed by atoms with Gasteiger partial charge in [-0.15, -0.1) is 0 Å². The van der Waals surface area contributed by atoms with Crippen LogP contribution in [0.3, 0.4) is 0 Å². The lowest BCUT2D eigenvalue weighted by molar-refractivity contribution is -0.160. The number of imidazole rings is 1. The Morgan fingerprint density at radius 3 is 2.49 bits per heavy atom. The first-order valence-corrected chi connectivity index (χ1v) is 16.9. The molecule has 5 heterocycles. The Hall–Kier alpha value is -3.77. The fraction of sp³-hybridized carbons (Fsp3) is 0.459. The summed E-state index contributed by atoms with van der Waals surface area (Å²) in [5, 5.41) is 10.8. The van der Waals surface area contributed by atoms with Gasteiger partial charge in [-0.25, -0.2) is 18.6 Å². The van der Waals surface area contributed by atoms with Gasteiger partial charge in [-0.2, -0.15) is 0 Å². The Morgan fingerprint density at radius 1 is 1.10 bits per heavy atom. The van der Waals surface area contributed by atoms with Crippen molar-refractivity contribution in [3.8, 4) is 28.1 Å². The molecule has 0 radical (unpaired) electrons. The predicted molar refractivity (Wildman–Crippen MR) is 184 cm³/mol. The molecule has 2 aromatic carbocycles. The van der Waals surface area contributed by atoms with E-state index in [9.17, 15) is 18.7 Å². The molecule has 0 saturated carbocycles. The van der Waals surface area contributed by atoms with Crippen LogP contribution < -0.4 is 9.64 Å². The van der Waals surface area contributed by atoms with E-state index in [0.717, 1.165) is 12.1 Å². The molecule has 0 aliphatic carbocycles. The van der Waals surface area contributed by atoms with Gasteiger partial charge in [0, 0.05) is 35.8 Å². The Morgan fingerprint density at radius 2 is 1.80 bits per heavy atom. The monoisotopic (exact) mass is 697 g/mol. The zero-order valence-electron chi connectivity index (χ0n) is 28.6. The van der Waals surface area contributed by atoms with E-state index in [1.54, 1.807) is 29.5 Å². The Bertz CT molecular complexity index is 1880. The molecule has 1 fully saturated rings. The third-order valence-corrected chi connectivity index (χ3v) is 9.33. The highest BCUT2D eigenvalue weighted by Crippen LogP contribution is 2.43. The minimum Gasteiger partial charge on any atom is -0.488 e. The number of aliphatic carboxylic acids is 1. The third kappa shape index (κ3) is 7.26. The molecule has 0 amide bonds. The summed E-state index contributed by atoms with van der Waals surface area (Å²) in [4.78, 5) is 19.9. The highest BCUT2D eigenvalue weighted by atomic mass is 35.5. The second-order valence-corrected chi connectivity index (χ2v) is 14.4. The van der Waals surface area contributed by atoms with Crippen molar-refractivity contribution in [3.05, 3.63) is 70.4 Å². The fourth-order valence-electron chi connectivity index (χ4n) is 6.56. The van der Waals surface area contributed by atoms with Gasteiger partial charge in [0.2, 0.25) is 0 Å². The average molecular weight is 698 g/mol. The van der Waals surface area contributed by atoms with Gasteiger partial charge >= 0.3 is 5.97 Å². The summed E-state index contributed by atoms with van der Waals surface area (Å²) < 4.78 is 55.4. The van der Waals surface area contributed by atoms with Gasteiger partial charge in [0.1, 0.15) is 34.2 Å². The minimum atomic E-state index is -1.29. The van der Waals surface area contributed by atoms with E-state index >= 15 is 0 Å². The van der Waals surface area contributed by atoms with E-state index in [0.29, 0.717) is 84.1 Å². The first kappa shape index (κ1) is 35.1. The van der Waals surface area contributed by atoms with E-state index in [-0.39, 0.29) is 17.5 Å². The number of halogens is 3. The van der Waals surface area contributed by atoms with Gasteiger partial charge in [-0.1, -0.05) is 29.8 Å². The molecule has 1 N–H and O–H groups in total. The summed E-state index contributed by atoms with van der Waals surface area (Å²) in [5.41, 5.74) is 2.49. The first-order chi connectivity index (χ1) is 23.1. The van der Waals surface area contributed by atoms with Crippen molar-refractivity contribution in [1.29, 1.82) is 0 Å². The number of hydrogen-bond donors (Lipinski definition) is 1. The quantitative estimate of drug-likeness (QED) is 0.215. The number of anilines is 1. The first-order valence-electron chi connectivity index (χ1n) is 16.5. The van der Waals surface area contributed by atoms with E-state index < -0.39 is 41.0 Å². The van der Waals surface area contributed by atoms with Crippen LogP contribution in [0, 0.1) is 18.6 Å². The molecule has 9 nitrogen and oxygen atoms in total. The summed E-state index contributed by atoms with van der Waals surface area (Å²) >= 11 is 7.25. The average Bonchev–Trinajstić information content (AvgIpc) is 3.35. The van der Waals surface area contributed by atoms with Gasteiger partial charge in [-0.05, 0) is 83.7 Å². The summed E-state index contributed by atoms with van der Waals surface area (Å²) in [6.07, 6.45) is -0.415. The van der Waals surface area contributed by atoms with E-state index in [1.807, 2.05) is 39.8 Å². The number of benzene rings is 2. The van der Waals surface area contributed by atoms with E-state index in [1.165, 1.54) is 0 Å². The lowest BCUT2D eigenvalue weighted by atomic mass is 9.92. The SMILES string of the molecule is Cc1cc2nc3c(Cl)n2c(c1[C@H](OC(C)(C)C)C(=O)O)N1CCC(C)(CC1)OCCOC[C@H](C)Oc1cc(F)c(F)cc1-c1cccc-3c1. The van der Waals surface area contributed by atoms with Crippen molar-refractivity contribution in [2.24, 2.45) is 0 Å². The van der Waals surface area contributed by atoms with Crippen LogP contribution in [-0.4, -0.2) is 70.7 Å². The van der Waals surface area contributed by atoms with Crippen LogP contribution in [0.4, 0.5) is 14.6 Å². The lowest BCUT2D eigenvalue weighted by Gasteiger charge is -2.41. The summed E-state index contributed by atoms with van der Waals surface area (Å²) in [7, 11) is 0. The van der Waals surface area contributed by atoms with Crippen LogP contribution in [0.2, 0.25) is 5.15 Å². The number of pyridine rings is 1. The Labute approximate surface area is 289 Å². The minimum absolute atomic E-state index is 0.164. The van der Waals surface area contributed by atoms with Gasteiger partial charge < -0.3 is 29.0 Å². The van der Waals surface area contributed by atoms with Gasteiger partial charge in [0.15, 0.2) is 17.7 Å². The second kappa shape index (κ2) is 13.5. The number of carboxylic acid groups (broad SMARTS) is 1. The van der Waals surface area contributed by atoms with Crippen molar-refractivity contribution in [2.45, 2.75) is 77.8 Å². The van der Waals surface area contributed by atoms with Crippen molar-refractivity contribution < 1.29 is 37.6 Å². The van der Waals surface area contributed by atoms with Crippen LogP contribution in [-0.2, 0) is 19.0 Å². The lowest BCUT2D eigenvalue weighted by Crippen LogP contribution is -2.46. The normalized spacial score (nSPS) is 21.0. The molecule has 0 spiro atoms. The molecule has 2 atom stereocenters. The van der Waals surface area contributed by atoms with Crippen molar-refractivity contribution in [2.75, 3.05) is 37.8 Å². The molecule has 3 aliphatic heterocycles. The van der Waals surface area contributed by atoms with Crippen LogP contribution in [0.25, 0.3) is 28.0 Å². The number of aromatic nitrogens is 2. The maximum Gasteiger partial charge on any atom is 0.337 e. The Balaban J connectivity index is 1.58. The smallest absolute Gasteiger partial charge is 0.337 e. The molecule has 0 unspecified atom stereocenters. The van der Waals surface area contributed by atoms with Crippen molar-refractivity contribution in [1.82, 2.24) is 9.38 Å². The molecule has 12 heteroatoms. The highest BCUT2D eigenvalue weighted by molar-refractivity contribution is 6.32. The molecular formula is C37H42ClF2N3O6. The van der Waals surface area contributed by atoms with Crippen LogP contribution in [0.1, 0.15) is 64.7 Å². The van der Waals surface area contributed by atoms with Gasteiger partial charge in [0.25, 0.3) is 0 Å². The molecule has 49 heavy (non-hydrogen) atoms. The summed E-state index contributed by atoms with van der Waals surface area (Å²) in [6.45, 7) is 13.2. The number of carboxylic acids is 1. The zero-order chi connectivity index (χ0) is 35.2. The maximum atomic E-state index is 14.7. The van der Waals surface area contributed by atoms with Crippen molar-refractivity contribution in [3.63, 3.8) is 0 Å². The van der Waals surface area contributed by atoms with E-state index in [2.05, 4.69) is 11.8 Å². The topological polar surface area (TPSA) is 94.8 Å². The van der Waals surface area contributed by atoms with Gasteiger partial charge in [0.05, 0.1) is 31.0 Å². The summed E-state index contributed by atoms with van der Waals surface area (Å²) in [5.74, 6) is -2.39. The molecule has 6 bridgehead atoms. The number of fused-ring (bicyclic) bond motifs is 8. The van der Waals surface area contributed by atoms with Crippen LogP contribution in [0.5, 0.6) is 5.75 Å². The molecule has 262 valence electrons. The standard InChI is InChI=1S/C37H42ClF2N3O6/c1-21-16-29-41-31-24-9-7-8-23(17-24)25-18-26(39)27(40)19-28(25)48-22(2)20-46-14-15-47-37(6)10-12-42(13-11-37)34(43(29)33(31)38)30(21)32(35(44)45)49-36(3,4)5/h7-9,16-19,22,32H,10-15,20H2,1-6H3,(H,44,45)/t22-,32-/m0/s1. The van der Waals surface area contributed by atoms with Crippen LogP contribution in [0.15, 0.2) is 42.5 Å². The van der Waals surface area contributed by atoms with Gasteiger partial charge in [-0.3, -0.25) is 4.40 Å². The van der Waals surface area contributed by atoms with E-state index in [4.69, 9.17) is 35.5 Å². The second-order valence-electron chi connectivity index (χ2n) is 14.1. The molecule has 3 aliphatic rings. The number of ether oxygens (including phenoxy) is 4. The Kier molecular flexibility index (Phi) is 9.67. The highest BCUT2D eigenvalue weighted by Gasteiger charge is 2.38. The summed E-state index contributed by atoms with van der Waals surface area (Å²) in [6, 6.07) is 11.2. The van der Waals surface area contributed by atoms with Crippen LogP contribution >= 0.6 is 11.6 Å². The van der Waals surface area contributed by atoms with Crippen molar-refractivity contribution >= 4 is 29.0 Å². The number of hydrogen-bond acceptors (Lipinski definition) is 7. The fourth-order valence-corrected chi connectivity index (χ4v) is 6.88. The number of aryl methyl sites for hydroxylation is 1. The third-order valence-electron chi connectivity index (χ3n) is 8.98. The molecule has 1 saturated heterocycles. The largest absolute Gasteiger partial charge is 0.488 e. The number of carbonyl (C=O) groups is 1. The molecule has 7 rings (SSSR count). The molecule has 4 aromatic rings. The predicted octanol–water partition coefficient (Wildman–Crippen LogP) is 8.02. The number of piperidine rings is 1. The number of rotatable bonds is 3. The molecule has 2 aromatic heterocycles. The number of nitrogens with zero attached hydrogens (tertiary/aromatic N) is 3. The maximum absolute atomic E-state index is 14.7. The zero-order valence-corrected chi connectivity index (χ0v) is 29.4.